The summed E-state index contributed by atoms with van der Waals surface area (Å²) in [6, 6.07) is 13.0. The van der Waals surface area contributed by atoms with E-state index in [2.05, 4.69) is 29.4 Å². The number of likely N-dealkylation sites (N-methyl/N-ethyl adjacent to an activating group) is 1. The smallest absolute Gasteiger partial charge is 0.251 e. The van der Waals surface area contributed by atoms with Gasteiger partial charge in [-0.2, -0.15) is 0 Å². The summed E-state index contributed by atoms with van der Waals surface area (Å²) in [5.41, 5.74) is 3.05. The highest BCUT2D eigenvalue weighted by Gasteiger charge is 2.21. The van der Waals surface area contributed by atoms with Gasteiger partial charge in [0.15, 0.2) is 0 Å². The van der Waals surface area contributed by atoms with Gasteiger partial charge in [0.1, 0.15) is 0 Å². The van der Waals surface area contributed by atoms with Crippen molar-refractivity contribution in [2.24, 2.45) is 0 Å². The lowest BCUT2D eigenvalue weighted by atomic mass is 10.0. The van der Waals surface area contributed by atoms with Gasteiger partial charge in [-0.25, -0.2) is 0 Å². The van der Waals surface area contributed by atoms with E-state index in [9.17, 15) is 9.59 Å². The van der Waals surface area contributed by atoms with Gasteiger partial charge in [0.2, 0.25) is 5.91 Å². The van der Waals surface area contributed by atoms with Crippen molar-refractivity contribution >= 4 is 29.1 Å². The predicted octanol–water partition coefficient (Wildman–Crippen LogP) is 4.42. The Labute approximate surface area is 172 Å². The fourth-order valence-electron chi connectivity index (χ4n) is 3.22. The van der Waals surface area contributed by atoms with E-state index in [1.807, 2.05) is 37.3 Å². The van der Waals surface area contributed by atoms with Crippen LogP contribution >= 0.6 is 11.6 Å². The van der Waals surface area contributed by atoms with Crippen molar-refractivity contribution in [3.8, 4) is 0 Å². The molecule has 0 aliphatic carbocycles. The van der Waals surface area contributed by atoms with Crippen LogP contribution in [0.5, 0.6) is 0 Å². The molecule has 150 valence electrons. The zero-order chi connectivity index (χ0) is 20.7. The molecule has 1 unspecified atom stereocenters. The molecule has 0 radical (unpaired) electrons. The third kappa shape index (κ3) is 5.57. The monoisotopic (exact) mass is 401 g/mol. The van der Waals surface area contributed by atoms with Crippen molar-refractivity contribution in [2.45, 2.75) is 33.7 Å². The van der Waals surface area contributed by atoms with E-state index in [0.717, 1.165) is 24.2 Å². The van der Waals surface area contributed by atoms with Gasteiger partial charge in [0.05, 0.1) is 6.04 Å². The molecule has 2 aromatic rings. The van der Waals surface area contributed by atoms with Gasteiger partial charge in [-0.1, -0.05) is 49.7 Å². The molecule has 0 heterocycles. The fourth-order valence-corrected chi connectivity index (χ4v) is 3.49. The van der Waals surface area contributed by atoms with Gasteiger partial charge in [-0.05, 0) is 49.3 Å². The molecule has 2 N–H and O–H groups in total. The van der Waals surface area contributed by atoms with Crippen molar-refractivity contribution in [1.29, 1.82) is 0 Å². The second-order valence-electron chi connectivity index (χ2n) is 6.68. The van der Waals surface area contributed by atoms with Crippen LogP contribution in [0, 0.1) is 6.92 Å². The van der Waals surface area contributed by atoms with Crippen molar-refractivity contribution in [2.75, 3.05) is 25.0 Å². The lowest BCUT2D eigenvalue weighted by molar-refractivity contribution is -0.114. The summed E-state index contributed by atoms with van der Waals surface area (Å²) in [6.07, 6.45) is 0. The van der Waals surface area contributed by atoms with Crippen LogP contribution in [-0.4, -0.2) is 36.3 Å². The first-order valence-corrected chi connectivity index (χ1v) is 9.90. The van der Waals surface area contributed by atoms with Gasteiger partial charge >= 0.3 is 0 Å². The molecule has 0 aliphatic rings. The van der Waals surface area contributed by atoms with Gasteiger partial charge in [-0.3, -0.25) is 14.5 Å². The first-order valence-electron chi connectivity index (χ1n) is 9.52. The third-order valence-corrected chi connectivity index (χ3v) is 5.13. The van der Waals surface area contributed by atoms with Gasteiger partial charge in [0, 0.05) is 29.7 Å². The van der Waals surface area contributed by atoms with E-state index >= 15 is 0 Å². The molecule has 5 nitrogen and oxygen atoms in total. The molecule has 0 bridgehead atoms. The van der Waals surface area contributed by atoms with E-state index in [4.69, 9.17) is 11.6 Å². The summed E-state index contributed by atoms with van der Waals surface area (Å²) in [6.45, 7) is 9.65. The summed E-state index contributed by atoms with van der Waals surface area (Å²) in [5, 5.41) is 6.47. The summed E-state index contributed by atoms with van der Waals surface area (Å²) in [7, 11) is 0. The molecule has 2 rings (SSSR count). The maximum Gasteiger partial charge on any atom is 0.251 e. The summed E-state index contributed by atoms with van der Waals surface area (Å²) >= 11 is 6.42. The average Bonchev–Trinajstić information content (AvgIpc) is 2.67. The number of halogens is 1. The van der Waals surface area contributed by atoms with E-state index in [1.54, 1.807) is 12.1 Å². The molecule has 0 aromatic heterocycles. The Balaban J connectivity index is 2.20. The number of amides is 2. The molecule has 0 saturated heterocycles. The topological polar surface area (TPSA) is 61.4 Å². The molecule has 1 atom stereocenters. The van der Waals surface area contributed by atoms with Gasteiger partial charge in [-0.15, -0.1) is 0 Å². The SMILES string of the molecule is CCN(CC)C(CNC(=O)c1ccc(C)c(NC(C)=O)c1)c1ccccc1Cl. The number of benzene rings is 2. The lowest BCUT2D eigenvalue weighted by Crippen LogP contribution is -2.38. The van der Waals surface area contributed by atoms with Crippen LogP contribution in [0.2, 0.25) is 5.02 Å². The third-order valence-electron chi connectivity index (χ3n) is 4.78. The first-order chi connectivity index (χ1) is 13.4. The number of aryl methyl sites for hydroxylation is 1. The molecule has 0 fully saturated rings. The van der Waals surface area contributed by atoms with Crippen molar-refractivity contribution in [3.05, 3.63) is 64.2 Å². The first kappa shape index (κ1) is 21.9. The number of nitrogens with one attached hydrogen (secondary N) is 2. The second-order valence-corrected chi connectivity index (χ2v) is 7.09. The molecule has 2 amide bonds. The van der Waals surface area contributed by atoms with Crippen molar-refractivity contribution in [1.82, 2.24) is 10.2 Å². The Kier molecular flexibility index (Phi) is 8.03. The maximum absolute atomic E-state index is 12.7. The van der Waals surface area contributed by atoms with Gasteiger partial charge < -0.3 is 10.6 Å². The van der Waals surface area contributed by atoms with Crippen LogP contribution < -0.4 is 10.6 Å². The van der Waals surface area contributed by atoms with E-state index < -0.39 is 0 Å². The zero-order valence-corrected chi connectivity index (χ0v) is 17.6. The van der Waals surface area contributed by atoms with Crippen LogP contribution in [-0.2, 0) is 4.79 Å². The Hall–Kier alpha value is -2.37. The fraction of sp³-hybridized carbons (Fsp3) is 0.364. The minimum absolute atomic E-state index is 0.0205. The van der Waals surface area contributed by atoms with Crippen LogP contribution in [0.3, 0.4) is 0 Å². The highest BCUT2D eigenvalue weighted by atomic mass is 35.5. The summed E-state index contributed by atoms with van der Waals surface area (Å²) in [5.74, 6) is -0.350. The van der Waals surface area contributed by atoms with Crippen LogP contribution in [0.1, 0.15) is 48.3 Å². The summed E-state index contributed by atoms with van der Waals surface area (Å²) < 4.78 is 0. The van der Waals surface area contributed by atoms with E-state index in [0.29, 0.717) is 22.8 Å². The minimum Gasteiger partial charge on any atom is -0.350 e. The predicted molar refractivity (Wildman–Crippen MR) is 115 cm³/mol. The molecule has 6 heteroatoms. The van der Waals surface area contributed by atoms with Gasteiger partial charge in [0.25, 0.3) is 5.91 Å². The highest BCUT2D eigenvalue weighted by molar-refractivity contribution is 6.31. The average molecular weight is 402 g/mol. The molecule has 2 aromatic carbocycles. The van der Waals surface area contributed by atoms with E-state index in [-0.39, 0.29) is 17.9 Å². The van der Waals surface area contributed by atoms with E-state index in [1.165, 1.54) is 6.92 Å². The molecular formula is C22H28ClN3O2. The van der Waals surface area contributed by atoms with Crippen molar-refractivity contribution in [3.63, 3.8) is 0 Å². The zero-order valence-electron chi connectivity index (χ0n) is 16.9. The molecular weight excluding hydrogens is 374 g/mol. The second kappa shape index (κ2) is 10.2. The number of rotatable bonds is 8. The highest BCUT2D eigenvalue weighted by Crippen LogP contribution is 2.27. The molecule has 0 spiro atoms. The lowest BCUT2D eigenvalue weighted by Gasteiger charge is -2.31. The Morgan fingerprint density at radius 2 is 1.79 bits per heavy atom. The van der Waals surface area contributed by atoms with Crippen LogP contribution in [0.15, 0.2) is 42.5 Å². The Morgan fingerprint density at radius 3 is 2.39 bits per heavy atom. The Bertz CT molecular complexity index is 834. The standard InChI is InChI=1S/C22H28ClN3O2/c1-5-26(6-2)21(18-9-7-8-10-19(18)23)14-24-22(28)17-12-11-15(3)20(13-17)25-16(4)27/h7-13,21H,5-6,14H2,1-4H3,(H,24,28)(H,25,27). The number of nitrogens with zero attached hydrogens (tertiary/aromatic N) is 1. The largest absolute Gasteiger partial charge is 0.350 e. The normalized spacial score (nSPS) is 11.9. The number of anilines is 1. The number of carbonyl (C=O) groups excluding carboxylic acids is 2. The number of hydrogen-bond acceptors (Lipinski definition) is 3. The number of carbonyl (C=O) groups is 2. The minimum atomic E-state index is -0.184. The van der Waals surface area contributed by atoms with Crippen LogP contribution in [0.4, 0.5) is 5.69 Å². The quantitative estimate of drug-likeness (QED) is 0.688. The Morgan fingerprint density at radius 1 is 1.11 bits per heavy atom. The van der Waals surface area contributed by atoms with Crippen LogP contribution in [0.25, 0.3) is 0 Å². The van der Waals surface area contributed by atoms with Crippen molar-refractivity contribution < 1.29 is 9.59 Å². The summed E-state index contributed by atoms with van der Waals surface area (Å²) in [4.78, 5) is 26.4. The maximum atomic E-state index is 12.7. The molecule has 0 saturated carbocycles. The number of hydrogen-bond donors (Lipinski definition) is 2. The molecule has 28 heavy (non-hydrogen) atoms. The molecule has 0 aliphatic heterocycles.